The summed E-state index contributed by atoms with van der Waals surface area (Å²) in [6.45, 7) is 11.7. The van der Waals surface area contributed by atoms with Crippen LogP contribution in [-0.4, -0.2) is 70.4 Å². The molecule has 1 amide bonds. The van der Waals surface area contributed by atoms with Crippen LogP contribution in [0.5, 0.6) is 11.5 Å². The summed E-state index contributed by atoms with van der Waals surface area (Å²) in [6.07, 6.45) is 2.87. The van der Waals surface area contributed by atoms with Crippen LogP contribution in [0, 0.1) is 29.6 Å². The summed E-state index contributed by atoms with van der Waals surface area (Å²) in [6, 6.07) is 5.63. The Morgan fingerprint density at radius 2 is 1.89 bits per heavy atom. The number of ether oxygens (including phenoxy) is 4. The molecule has 5 atom stereocenters. The molecule has 3 unspecified atom stereocenters. The van der Waals surface area contributed by atoms with Gasteiger partial charge in [-0.15, -0.1) is 0 Å². The summed E-state index contributed by atoms with van der Waals surface area (Å²) in [5, 5.41) is 14.1. The van der Waals surface area contributed by atoms with Gasteiger partial charge in [0, 0.05) is 51.2 Å². The Kier molecular flexibility index (Phi) is 14.4. The maximum absolute atomic E-state index is 12.9. The summed E-state index contributed by atoms with van der Waals surface area (Å²) >= 11 is 0. The van der Waals surface area contributed by atoms with Gasteiger partial charge < -0.3 is 35.1 Å². The standard InChI is InChI=1S/C30H52N2O6/c1-20(2)24(14-22-8-9-28(36-6)29(15-22)38-12-7-11-35-5)16-26(31)27(33)17-25(21(3)4)30(34)32-18-23-10-13-37-19-23/h8-9,15,20-21,23-27,33H,7,10-14,16-19,31H2,1-6H3,(H,32,34)/t23-,24?,25?,26-,27?/m0/s1. The van der Waals surface area contributed by atoms with Gasteiger partial charge in [0.2, 0.25) is 5.91 Å². The molecule has 0 saturated carbocycles. The van der Waals surface area contributed by atoms with Crippen molar-refractivity contribution in [2.24, 2.45) is 35.3 Å². The van der Waals surface area contributed by atoms with Gasteiger partial charge in [0.15, 0.2) is 11.5 Å². The third kappa shape index (κ3) is 10.7. The molecule has 218 valence electrons. The van der Waals surface area contributed by atoms with Gasteiger partial charge >= 0.3 is 0 Å². The van der Waals surface area contributed by atoms with Crippen molar-refractivity contribution in [1.29, 1.82) is 0 Å². The number of benzene rings is 1. The van der Waals surface area contributed by atoms with Crippen molar-refractivity contribution >= 4 is 5.91 Å². The normalized spacial score (nSPS) is 18.8. The van der Waals surface area contributed by atoms with Crippen molar-refractivity contribution < 1.29 is 28.8 Å². The molecule has 0 radical (unpaired) electrons. The quantitative estimate of drug-likeness (QED) is 0.245. The molecule has 4 N–H and O–H groups in total. The fourth-order valence-corrected chi connectivity index (χ4v) is 4.98. The number of amides is 1. The average molecular weight is 537 g/mol. The molecule has 38 heavy (non-hydrogen) atoms. The minimum Gasteiger partial charge on any atom is -0.493 e. The van der Waals surface area contributed by atoms with E-state index >= 15 is 0 Å². The molecule has 2 rings (SSSR count). The highest BCUT2D eigenvalue weighted by atomic mass is 16.5. The summed E-state index contributed by atoms with van der Waals surface area (Å²) in [5.74, 6) is 2.27. The van der Waals surface area contributed by atoms with E-state index in [1.54, 1.807) is 14.2 Å². The van der Waals surface area contributed by atoms with E-state index in [0.29, 0.717) is 56.8 Å². The van der Waals surface area contributed by atoms with E-state index < -0.39 is 12.1 Å². The highest BCUT2D eigenvalue weighted by Gasteiger charge is 2.30. The Morgan fingerprint density at radius 3 is 2.50 bits per heavy atom. The average Bonchev–Trinajstić information content (AvgIpc) is 3.41. The molecule has 8 nitrogen and oxygen atoms in total. The van der Waals surface area contributed by atoms with E-state index in [-0.39, 0.29) is 23.7 Å². The van der Waals surface area contributed by atoms with Gasteiger partial charge in [-0.1, -0.05) is 33.8 Å². The van der Waals surface area contributed by atoms with Crippen LogP contribution in [0.25, 0.3) is 0 Å². The van der Waals surface area contributed by atoms with Crippen LogP contribution in [0.2, 0.25) is 0 Å². The number of aliphatic hydroxyl groups is 1. The molecule has 0 spiro atoms. The SMILES string of the molecule is COCCCOc1cc(CC(C[C@H](N)C(O)CC(C(=O)NC[C@@H]2CCOC2)C(C)C)C(C)C)ccc1OC. The molecule has 1 aromatic rings. The molecule has 1 aliphatic rings. The predicted octanol–water partition coefficient (Wildman–Crippen LogP) is 3.82. The number of hydrogen-bond donors (Lipinski definition) is 3. The van der Waals surface area contributed by atoms with Crippen LogP contribution >= 0.6 is 0 Å². The molecule has 1 fully saturated rings. The fourth-order valence-electron chi connectivity index (χ4n) is 4.98. The zero-order chi connectivity index (χ0) is 28.1. The Balaban J connectivity index is 1.97. The van der Waals surface area contributed by atoms with Gasteiger partial charge in [0.05, 0.1) is 26.4 Å². The molecule has 8 heteroatoms. The van der Waals surface area contributed by atoms with E-state index in [4.69, 9.17) is 24.7 Å². The maximum Gasteiger partial charge on any atom is 0.223 e. The van der Waals surface area contributed by atoms with Crippen molar-refractivity contribution in [2.75, 3.05) is 47.2 Å². The molecular weight excluding hydrogens is 484 g/mol. The first-order valence-electron chi connectivity index (χ1n) is 14.2. The van der Waals surface area contributed by atoms with Gasteiger partial charge in [-0.25, -0.2) is 0 Å². The second-order valence-electron chi connectivity index (χ2n) is 11.4. The molecule has 1 saturated heterocycles. The summed E-state index contributed by atoms with van der Waals surface area (Å²) in [5.41, 5.74) is 7.69. The van der Waals surface area contributed by atoms with E-state index in [2.05, 4.69) is 25.2 Å². The van der Waals surface area contributed by atoms with Crippen LogP contribution in [0.4, 0.5) is 0 Å². The Hall–Kier alpha value is -1.87. The van der Waals surface area contributed by atoms with Crippen LogP contribution in [0.3, 0.4) is 0 Å². The molecule has 0 aromatic heterocycles. The lowest BCUT2D eigenvalue weighted by Crippen LogP contribution is -2.43. The van der Waals surface area contributed by atoms with Gasteiger partial charge in [-0.3, -0.25) is 4.79 Å². The van der Waals surface area contributed by atoms with E-state index in [0.717, 1.165) is 37.2 Å². The number of nitrogens with two attached hydrogens (primary N) is 1. The molecular formula is C30H52N2O6. The maximum atomic E-state index is 12.9. The molecule has 1 heterocycles. The van der Waals surface area contributed by atoms with Crippen molar-refractivity contribution in [3.8, 4) is 11.5 Å². The second-order valence-corrected chi connectivity index (χ2v) is 11.4. The largest absolute Gasteiger partial charge is 0.493 e. The van der Waals surface area contributed by atoms with Crippen molar-refractivity contribution in [1.82, 2.24) is 5.32 Å². The highest BCUT2D eigenvalue weighted by molar-refractivity contribution is 5.78. The van der Waals surface area contributed by atoms with Gasteiger partial charge in [0.1, 0.15) is 0 Å². The van der Waals surface area contributed by atoms with Crippen LogP contribution in [0.1, 0.15) is 58.9 Å². The first kappa shape index (κ1) is 32.3. The predicted molar refractivity (Wildman–Crippen MR) is 150 cm³/mol. The van der Waals surface area contributed by atoms with Crippen molar-refractivity contribution in [3.05, 3.63) is 23.8 Å². The molecule has 0 bridgehead atoms. The number of rotatable bonds is 18. The lowest BCUT2D eigenvalue weighted by molar-refractivity contribution is -0.127. The Bertz CT molecular complexity index is 812. The zero-order valence-corrected chi connectivity index (χ0v) is 24.4. The van der Waals surface area contributed by atoms with E-state index in [1.165, 1.54) is 0 Å². The van der Waals surface area contributed by atoms with Gasteiger partial charge in [0.25, 0.3) is 0 Å². The first-order valence-corrected chi connectivity index (χ1v) is 14.2. The monoisotopic (exact) mass is 536 g/mol. The number of carbonyl (C=O) groups excluding carboxylic acids is 1. The minimum absolute atomic E-state index is 0.00480. The van der Waals surface area contributed by atoms with E-state index in [9.17, 15) is 9.90 Å². The Labute approximate surface area is 229 Å². The Morgan fingerprint density at radius 1 is 1.13 bits per heavy atom. The van der Waals surface area contributed by atoms with Gasteiger partial charge in [-0.05, 0) is 61.1 Å². The number of carbonyl (C=O) groups is 1. The smallest absolute Gasteiger partial charge is 0.223 e. The first-order chi connectivity index (χ1) is 18.2. The van der Waals surface area contributed by atoms with Crippen LogP contribution in [0.15, 0.2) is 18.2 Å². The van der Waals surface area contributed by atoms with Gasteiger partial charge in [-0.2, -0.15) is 0 Å². The zero-order valence-electron chi connectivity index (χ0n) is 24.4. The van der Waals surface area contributed by atoms with Crippen molar-refractivity contribution in [3.63, 3.8) is 0 Å². The lowest BCUT2D eigenvalue weighted by atomic mass is 9.80. The third-order valence-corrected chi connectivity index (χ3v) is 7.71. The summed E-state index contributed by atoms with van der Waals surface area (Å²) < 4.78 is 22.0. The number of nitrogens with one attached hydrogen (secondary N) is 1. The van der Waals surface area contributed by atoms with Crippen LogP contribution in [-0.2, 0) is 20.7 Å². The highest BCUT2D eigenvalue weighted by Crippen LogP contribution is 2.32. The minimum atomic E-state index is -0.750. The number of aliphatic hydroxyl groups excluding tert-OH is 1. The second kappa shape index (κ2) is 17.0. The topological polar surface area (TPSA) is 112 Å². The number of methoxy groups -OCH3 is 2. The molecule has 1 aromatic carbocycles. The fraction of sp³-hybridized carbons (Fsp3) is 0.767. The third-order valence-electron chi connectivity index (χ3n) is 7.71. The summed E-state index contributed by atoms with van der Waals surface area (Å²) in [4.78, 5) is 12.9. The van der Waals surface area contributed by atoms with E-state index in [1.807, 2.05) is 26.0 Å². The van der Waals surface area contributed by atoms with Crippen LogP contribution < -0.4 is 20.5 Å². The summed E-state index contributed by atoms with van der Waals surface area (Å²) in [7, 11) is 3.32. The number of hydrogen-bond acceptors (Lipinski definition) is 7. The molecule has 1 aliphatic heterocycles. The molecule has 0 aliphatic carbocycles. The van der Waals surface area contributed by atoms with Crippen molar-refractivity contribution in [2.45, 2.75) is 71.9 Å². The lowest BCUT2D eigenvalue weighted by Gasteiger charge is -2.30.